The third kappa shape index (κ3) is 5.53. The molecule has 0 saturated heterocycles. The first-order chi connectivity index (χ1) is 17.7. The minimum atomic E-state index is -4.16. The van der Waals surface area contributed by atoms with Crippen LogP contribution in [0.5, 0.6) is 5.75 Å². The van der Waals surface area contributed by atoms with Gasteiger partial charge in [0.1, 0.15) is 12.3 Å². The molecule has 3 aromatic carbocycles. The van der Waals surface area contributed by atoms with Gasteiger partial charge in [-0.25, -0.2) is 13.8 Å². The molecule has 37 heavy (non-hydrogen) atoms. The molecule has 13 heteroatoms. The van der Waals surface area contributed by atoms with E-state index in [-0.39, 0.29) is 32.8 Å². The highest BCUT2D eigenvalue weighted by Gasteiger charge is 2.29. The molecule has 0 bridgehead atoms. The predicted molar refractivity (Wildman–Crippen MR) is 134 cm³/mol. The van der Waals surface area contributed by atoms with E-state index in [0.29, 0.717) is 18.0 Å². The van der Waals surface area contributed by atoms with E-state index >= 15 is 0 Å². The number of carbonyl (C=O) groups is 2. The molecule has 12 nitrogen and oxygen atoms in total. The summed E-state index contributed by atoms with van der Waals surface area (Å²) in [6.45, 7) is 1.60. The Labute approximate surface area is 212 Å². The van der Waals surface area contributed by atoms with Crippen molar-refractivity contribution in [2.45, 2.75) is 11.8 Å². The summed E-state index contributed by atoms with van der Waals surface area (Å²) in [6, 6.07) is 18.0. The maximum Gasteiger partial charge on any atom is 0.276 e. The highest BCUT2D eigenvalue weighted by Crippen LogP contribution is 2.28. The molecule has 4 N–H and O–H groups in total. The molecule has 1 heterocycles. The summed E-state index contributed by atoms with van der Waals surface area (Å²) >= 11 is 0. The van der Waals surface area contributed by atoms with Crippen LogP contribution in [0.2, 0.25) is 0 Å². The number of anilines is 3. The fourth-order valence-corrected chi connectivity index (χ4v) is 4.99. The molecule has 1 aliphatic heterocycles. The highest BCUT2D eigenvalue weighted by molar-refractivity contribution is 7.92. The van der Waals surface area contributed by atoms with Gasteiger partial charge in [-0.05, 0) is 61.5 Å². The molecule has 0 atom stereocenters. The van der Waals surface area contributed by atoms with Crippen LogP contribution in [-0.2, 0) is 19.6 Å². The maximum atomic E-state index is 13.5. The number of nitrogens with zero attached hydrogens (tertiary/aromatic N) is 3. The summed E-state index contributed by atoms with van der Waals surface area (Å²) in [7, 11) is -4.16. The predicted octanol–water partition coefficient (Wildman–Crippen LogP) is 2.34. The second kappa shape index (κ2) is 10.7. The minimum Gasteiger partial charge on any atom is -0.494 e. The average molecular weight is 526 g/mol. The summed E-state index contributed by atoms with van der Waals surface area (Å²) < 4.78 is 33.2. The second-order valence-corrected chi connectivity index (χ2v) is 9.58. The lowest BCUT2D eigenvalue weighted by molar-refractivity contribution is -0.119. The summed E-state index contributed by atoms with van der Waals surface area (Å²) in [4.78, 5) is 25.1. The quantitative estimate of drug-likeness (QED) is 0.310. The van der Waals surface area contributed by atoms with Crippen molar-refractivity contribution in [2.75, 3.05) is 28.0 Å². The van der Waals surface area contributed by atoms with Crippen molar-refractivity contribution in [1.29, 1.82) is 0 Å². The standard InChI is InChI=1S/C24H23N5O7S/c1-2-36-18-9-11-19(12-10-18)37(34,35)28(16-6-4-3-5-7-16)15-22(30)26-27-23-20-14-17(29(32)33)8-13-21(20)25-24(23)31/h3-14,32-33H,2,15H2,1H3,(H,26,30)(H,25,27,31). The zero-order valence-electron chi connectivity index (χ0n) is 19.5. The summed E-state index contributed by atoms with van der Waals surface area (Å²) in [5.41, 5.74) is 2.82. The lowest BCUT2D eigenvalue weighted by Crippen LogP contribution is -2.40. The Balaban J connectivity index is 1.59. The molecule has 0 aliphatic carbocycles. The van der Waals surface area contributed by atoms with Gasteiger partial charge < -0.3 is 10.1 Å². The Morgan fingerprint density at radius 3 is 2.38 bits per heavy atom. The van der Waals surface area contributed by atoms with Gasteiger partial charge >= 0.3 is 0 Å². The number of amides is 2. The van der Waals surface area contributed by atoms with Gasteiger partial charge in [-0.1, -0.05) is 18.2 Å². The van der Waals surface area contributed by atoms with Gasteiger partial charge in [-0.2, -0.15) is 5.10 Å². The van der Waals surface area contributed by atoms with Crippen LogP contribution in [0.25, 0.3) is 0 Å². The zero-order valence-corrected chi connectivity index (χ0v) is 20.3. The second-order valence-electron chi connectivity index (χ2n) is 7.72. The van der Waals surface area contributed by atoms with E-state index < -0.39 is 28.4 Å². The van der Waals surface area contributed by atoms with Gasteiger partial charge in [0, 0.05) is 5.56 Å². The van der Waals surface area contributed by atoms with Crippen molar-refractivity contribution in [2.24, 2.45) is 5.10 Å². The number of hydrogen-bond acceptors (Lipinski definition) is 9. The minimum absolute atomic E-state index is 0.0361. The summed E-state index contributed by atoms with van der Waals surface area (Å²) in [5.74, 6) is -0.934. The van der Waals surface area contributed by atoms with E-state index in [2.05, 4.69) is 15.8 Å². The Hall–Kier alpha value is -4.46. The number of benzene rings is 3. The van der Waals surface area contributed by atoms with E-state index in [1.54, 1.807) is 30.3 Å². The van der Waals surface area contributed by atoms with Crippen molar-refractivity contribution in [1.82, 2.24) is 5.43 Å². The molecule has 0 spiro atoms. The molecule has 2 amide bonds. The largest absolute Gasteiger partial charge is 0.494 e. The van der Waals surface area contributed by atoms with Gasteiger partial charge in [0.25, 0.3) is 21.8 Å². The third-order valence-corrected chi connectivity index (χ3v) is 7.09. The van der Waals surface area contributed by atoms with Crippen LogP contribution in [0, 0.1) is 0 Å². The van der Waals surface area contributed by atoms with E-state index in [1.807, 2.05) is 6.92 Å². The maximum absolute atomic E-state index is 13.5. The average Bonchev–Trinajstić information content (AvgIpc) is 3.21. The van der Waals surface area contributed by atoms with Crippen LogP contribution >= 0.6 is 0 Å². The van der Waals surface area contributed by atoms with Crippen LogP contribution in [0.3, 0.4) is 0 Å². The number of hydrogen-bond donors (Lipinski definition) is 4. The van der Waals surface area contributed by atoms with Crippen molar-refractivity contribution < 1.29 is 33.2 Å². The van der Waals surface area contributed by atoms with Crippen LogP contribution in [0.15, 0.2) is 82.8 Å². The number of ether oxygens (including phenoxy) is 1. The fraction of sp³-hybridized carbons (Fsp3) is 0.125. The number of fused-ring (bicyclic) bond motifs is 1. The van der Waals surface area contributed by atoms with Crippen LogP contribution in [-0.4, -0.2) is 49.5 Å². The van der Waals surface area contributed by atoms with Gasteiger partial charge in [0.2, 0.25) is 0 Å². The van der Waals surface area contributed by atoms with Crippen molar-refractivity contribution >= 4 is 44.6 Å². The number of rotatable bonds is 9. The molecule has 0 radical (unpaired) electrons. The summed E-state index contributed by atoms with van der Waals surface area (Å²) in [5, 5.41) is 24.8. The topological polar surface area (TPSA) is 161 Å². The number of hydrazone groups is 1. The van der Waals surface area contributed by atoms with E-state index in [4.69, 9.17) is 4.74 Å². The number of nitrogens with one attached hydrogen (secondary N) is 2. The van der Waals surface area contributed by atoms with Crippen molar-refractivity contribution in [3.63, 3.8) is 0 Å². The molecule has 0 fully saturated rings. The molecule has 3 aromatic rings. The van der Waals surface area contributed by atoms with Crippen molar-refractivity contribution in [3.8, 4) is 5.75 Å². The normalized spacial score (nSPS) is 13.6. The van der Waals surface area contributed by atoms with Gasteiger partial charge in [-0.3, -0.25) is 24.3 Å². The number of sulfonamides is 1. The Bertz CT molecular complexity index is 1440. The zero-order chi connectivity index (χ0) is 26.6. The first-order valence-corrected chi connectivity index (χ1v) is 12.5. The highest BCUT2D eigenvalue weighted by atomic mass is 32.2. The number of carbonyl (C=O) groups excluding carboxylic acids is 2. The molecular weight excluding hydrogens is 502 g/mol. The van der Waals surface area contributed by atoms with Crippen LogP contribution in [0.1, 0.15) is 12.5 Å². The third-order valence-electron chi connectivity index (χ3n) is 5.30. The smallest absolute Gasteiger partial charge is 0.276 e. The van der Waals surface area contributed by atoms with Gasteiger partial charge in [0.15, 0.2) is 5.71 Å². The molecule has 0 unspecified atom stereocenters. The van der Waals surface area contributed by atoms with Crippen LogP contribution < -0.4 is 25.0 Å². The Morgan fingerprint density at radius 1 is 1.03 bits per heavy atom. The molecule has 4 rings (SSSR count). The number of para-hydroxylation sites is 1. The molecule has 0 saturated carbocycles. The lowest BCUT2D eigenvalue weighted by Gasteiger charge is -2.23. The van der Waals surface area contributed by atoms with Crippen molar-refractivity contribution in [3.05, 3.63) is 78.4 Å². The first-order valence-electron chi connectivity index (χ1n) is 11.0. The van der Waals surface area contributed by atoms with Crippen LogP contribution in [0.4, 0.5) is 17.1 Å². The van der Waals surface area contributed by atoms with E-state index in [1.165, 1.54) is 42.5 Å². The van der Waals surface area contributed by atoms with Gasteiger partial charge in [0.05, 0.1) is 28.6 Å². The molecular formula is C24H23N5O7S. The van der Waals surface area contributed by atoms with E-state index in [0.717, 1.165) is 4.31 Å². The molecule has 1 aliphatic rings. The fourth-order valence-electron chi connectivity index (χ4n) is 3.57. The summed E-state index contributed by atoms with van der Waals surface area (Å²) in [6.07, 6.45) is 0. The first kappa shape index (κ1) is 25.6. The van der Waals surface area contributed by atoms with Gasteiger partial charge in [-0.15, -0.1) is 5.23 Å². The van der Waals surface area contributed by atoms with E-state index in [9.17, 15) is 28.4 Å². The molecule has 0 aromatic heterocycles. The molecule has 192 valence electrons. The lowest BCUT2D eigenvalue weighted by atomic mass is 10.1. The monoisotopic (exact) mass is 525 g/mol. The SMILES string of the molecule is CCOc1ccc(S(=O)(=O)N(CC(=O)N/N=C2/C(=O)Nc3ccc(N(O)O)cc32)c2ccccc2)cc1. The Morgan fingerprint density at radius 2 is 1.73 bits per heavy atom. The Kier molecular flexibility index (Phi) is 7.38.